The van der Waals surface area contributed by atoms with Crippen molar-refractivity contribution in [2.45, 2.75) is 31.4 Å². The fourth-order valence-electron chi connectivity index (χ4n) is 2.26. The van der Waals surface area contributed by atoms with E-state index in [2.05, 4.69) is 5.32 Å². The van der Waals surface area contributed by atoms with Crippen LogP contribution in [0.1, 0.15) is 19.3 Å². The van der Waals surface area contributed by atoms with Crippen molar-refractivity contribution in [1.82, 2.24) is 10.2 Å². The lowest BCUT2D eigenvalue weighted by Crippen LogP contribution is -2.51. The number of nitrogens with one attached hydrogen (secondary N) is 1. The molecule has 2 N–H and O–H groups in total. The Balaban J connectivity index is 1.90. The van der Waals surface area contributed by atoms with Gasteiger partial charge in [0.2, 0.25) is 11.8 Å². The zero-order chi connectivity index (χ0) is 13.1. The summed E-state index contributed by atoms with van der Waals surface area (Å²) in [6, 6.07) is -0.457. The molecule has 0 radical (unpaired) electrons. The molecule has 2 aliphatic rings. The van der Waals surface area contributed by atoms with Gasteiger partial charge in [0.25, 0.3) is 0 Å². The minimum Gasteiger partial charge on any atom is -0.481 e. The number of ether oxygens (including phenoxy) is 1. The first-order valence-electron chi connectivity index (χ1n) is 5.98. The maximum Gasteiger partial charge on any atom is 0.306 e. The molecule has 2 saturated heterocycles. The van der Waals surface area contributed by atoms with Crippen LogP contribution in [0, 0.1) is 0 Å². The maximum atomic E-state index is 12.1. The van der Waals surface area contributed by atoms with E-state index in [1.165, 1.54) is 0 Å². The largest absolute Gasteiger partial charge is 0.481 e. The predicted octanol–water partition coefficient (Wildman–Crippen LogP) is -1.03. The van der Waals surface area contributed by atoms with Crippen molar-refractivity contribution in [2.24, 2.45) is 0 Å². The SMILES string of the molecule is O=C(O)CC1CN(C(=O)[C@H]2CCC(=O)N2)CCO1. The van der Waals surface area contributed by atoms with Crippen LogP contribution in [0.5, 0.6) is 0 Å². The van der Waals surface area contributed by atoms with Crippen molar-refractivity contribution in [3.8, 4) is 0 Å². The summed E-state index contributed by atoms with van der Waals surface area (Å²) in [5.41, 5.74) is 0. The van der Waals surface area contributed by atoms with Crippen molar-refractivity contribution in [2.75, 3.05) is 19.7 Å². The van der Waals surface area contributed by atoms with Gasteiger partial charge in [0.15, 0.2) is 0 Å². The molecule has 2 atom stereocenters. The standard InChI is InChI=1S/C11H16N2O5/c14-9-2-1-8(12-9)11(17)13-3-4-18-7(6-13)5-10(15)16/h7-8H,1-6H2,(H,12,14)(H,15,16)/t7?,8-/m1/s1. The first kappa shape index (κ1) is 12.8. The van der Waals surface area contributed by atoms with Crippen molar-refractivity contribution in [3.63, 3.8) is 0 Å². The molecular weight excluding hydrogens is 240 g/mol. The number of nitrogens with zero attached hydrogens (tertiary/aromatic N) is 1. The number of morpholine rings is 1. The summed E-state index contributed by atoms with van der Waals surface area (Å²) in [5.74, 6) is -1.19. The van der Waals surface area contributed by atoms with Crippen molar-refractivity contribution in [1.29, 1.82) is 0 Å². The first-order chi connectivity index (χ1) is 8.56. The predicted molar refractivity (Wildman–Crippen MR) is 59.7 cm³/mol. The Morgan fingerprint density at radius 1 is 1.50 bits per heavy atom. The third-order valence-corrected chi connectivity index (χ3v) is 3.15. The molecule has 100 valence electrons. The molecule has 18 heavy (non-hydrogen) atoms. The fraction of sp³-hybridized carbons (Fsp3) is 0.727. The number of rotatable bonds is 3. The summed E-state index contributed by atoms with van der Waals surface area (Å²) in [6.07, 6.45) is 0.316. The van der Waals surface area contributed by atoms with E-state index in [0.717, 1.165) is 0 Å². The number of carbonyl (C=O) groups is 3. The van der Waals surface area contributed by atoms with Gasteiger partial charge in [-0.05, 0) is 6.42 Å². The molecule has 2 aliphatic heterocycles. The smallest absolute Gasteiger partial charge is 0.306 e. The van der Waals surface area contributed by atoms with Gasteiger partial charge in [-0.3, -0.25) is 14.4 Å². The lowest BCUT2D eigenvalue weighted by atomic mass is 10.1. The van der Waals surface area contributed by atoms with E-state index < -0.39 is 18.1 Å². The number of amides is 2. The highest BCUT2D eigenvalue weighted by molar-refractivity contribution is 5.90. The molecule has 2 rings (SSSR count). The molecule has 0 aromatic carbocycles. The van der Waals surface area contributed by atoms with Crippen molar-refractivity contribution >= 4 is 17.8 Å². The first-order valence-corrected chi connectivity index (χ1v) is 5.98. The molecule has 0 aromatic rings. The Hall–Kier alpha value is -1.63. The van der Waals surface area contributed by atoms with Gasteiger partial charge in [0.1, 0.15) is 6.04 Å². The van der Waals surface area contributed by atoms with Crippen LogP contribution in [-0.4, -0.2) is 59.6 Å². The minimum atomic E-state index is -0.941. The number of carboxylic acid groups (broad SMARTS) is 1. The Morgan fingerprint density at radius 2 is 2.28 bits per heavy atom. The molecule has 0 bridgehead atoms. The van der Waals surface area contributed by atoms with Gasteiger partial charge in [-0.2, -0.15) is 0 Å². The van der Waals surface area contributed by atoms with Gasteiger partial charge >= 0.3 is 5.97 Å². The highest BCUT2D eigenvalue weighted by Crippen LogP contribution is 2.14. The van der Waals surface area contributed by atoms with E-state index in [1.54, 1.807) is 4.90 Å². The van der Waals surface area contributed by atoms with Crippen LogP contribution in [0.3, 0.4) is 0 Å². The third kappa shape index (κ3) is 2.98. The second-order valence-electron chi connectivity index (χ2n) is 4.53. The molecule has 7 nitrogen and oxygen atoms in total. The van der Waals surface area contributed by atoms with E-state index in [0.29, 0.717) is 26.0 Å². The van der Waals surface area contributed by atoms with Gasteiger partial charge in [-0.1, -0.05) is 0 Å². The average Bonchev–Trinajstić information content (AvgIpc) is 2.74. The van der Waals surface area contributed by atoms with Crippen molar-refractivity contribution < 1.29 is 24.2 Å². The molecule has 0 aliphatic carbocycles. The Bertz CT molecular complexity index is 370. The Kier molecular flexibility index (Phi) is 3.81. The molecule has 0 aromatic heterocycles. The molecule has 7 heteroatoms. The molecule has 0 spiro atoms. The van der Waals surface area contributed by atoms with Crippen LogP contribution >= 0.6 is 0 Å². The summed E-state index contributed by atoms with van der Waals surface area (Å²) in [7, 11) is 0. The number of hydrogen-bond acceptors (Lipinski definition) is 4. The third-order valence-electron chi connectivity index (χ3n) is 3.15. The Labute approximate surface area is 104 Å². The van der Waals surface area contributed by atoms with Crippen LogP contribution in [-0.2, 0) is 19.1 Å². The summed E-state index contributed by atoms with van der Waals surface area (Å²) >= 11 is 0. The van der Waals surface area contributed by atoms with Gasteiger partial charge < -0.3 is 20.1 Å². The lowest BCUT2D eigenvalue weighted by Gasteiger charge is -2.33. The van der Waals surface area contributed by atoms with Gasteiger partial charge in [-0.25, -0.2) is 0 Å². The van der Waals surface area contributed by atoms with E-state index >= 15 is 0 Å². The highest BCUT2D eigenvalue weighted by Gasteiger charge is 2.33. The van der Waals surface area contributed by atoms with Crippen molar-refractivity contribution in [3.05, 3.63) is 0 Å². The Morgan fingerprint density at radius 3 is 2.89 bits per heavy atom. The van der Waals surface area contributed by atoms with Crippen LogP contribution in [0.25, 0.3) is 0 Å². The average molecular weight is 256 g/mol. The van der Waals surface area contributed by atoms with E-state index in [-0.39, 0.29) is 24.8 Å². The molecule has 2 amide bonds. The van der Waals surface area contributed by atoms with Crippen LogP contribution in [0.15, 0.2) is 0 Å². The summed E-state index contributed by atoms with van der Waals surface area (Å²) in [4.78, 5) is 35.3. The summed E-state index contributed by atoms with van der Waals surface area (Å²) in [6.45, 7) is 1.06. The zero-order valence-electron chi connectivity index (χ0n) is 9.92. The lowest BCUT2D eigenvalue weighted by molar-refractivity contribution is -0.148. The summed E-state index contributed by atoms with van der Waals surface area (Å²) in [5, 5.41) is 11.3. The van der Waals surface area contributed by atoms with Crippen LogP contribution < -0.4 is 5.32 Å². The van der Waals surface area contributed by atoms with Crippen LogP contribution in [0.4, 0.5) is 0 Å². The van der Waals surface area contributed by atoms with E-state index in [9.17, 15) is 14.4 Å². The fourth-order valence-corrected chi connectivity index (χ4v) is 2.26. The second kappa shape index (κ2) is 5.34. The van der Waals surface area contributed by atoms with Crippen LogP contribution in [0.2, 0.25) is 0 Å². The van der Waals surface area contributed by atoms with Gasteiger partial charge in [0.05, 0.1) is 19.1 Å². The van der Waals surface area contributed by atoms with E-state index in [4.69, 9.17) is 9.84 Å². The maximum absolute atomic E-state index is 12.1. The molecule has 0 saturated carbocycles. The molecule has 2 fully saturated rings. The number of carboxylic acids is 1. The second-order valence-corrected chi connectivity index (χ2v) is 4.53. The topological polar surface area (TPSA) is 95.9 Å². The molecule has 2 heterocycles. The van der Waals surface area contributed by atoms with Gasteiger partial charge in [-0.15, -0.1) is 0 Å². The molecular formula is C11H16N2O5. The van der Waals surface area contributed by atoms with E-state index in [1.807, 2.05) is 0 Å². The number of aliphatic carboxylic acids is 1. The molecule has 1 unspecified atom stereocenters. The normalized spacial score (nSPS) is 28.0. The zero-order valence-corrected chi connectivity index (χ0v) is 9.92. The summed E-state index contributed by atoms with van der Waals surface area (Å²) < 4.78 is 5.29. The minimum absolute atomic E-state index is 0.108. The highest BCUT2D eigenvalue weighted by atomic mass is 16.5. The quantitative estimate of drug-likeness (QED) is 0.673. The van der Waals surface area contributed by atoms with Gasteiger partial charge in [0, 0.05) is 19.5 Å². The number of hydrogen-bond donors (Lipinski definition) is 2. The number of carbonyl (C=O) groups excluding carboxylic acids is 2. The monoisotopic (exact) mass is 256 g/mol.